The lowest BCUT2D eigenvalue weighted by atomic mass is 10.1. The maximum absolute atomic E-state index is 14.2. The zero-order valence-corrected chi connectivity index (χ0v) is 26.8. The number of benzene rings is 3. The molecule has 1 N–H and O–H groups in total. The van der Waals surface area contributed by atoms with E-state index in [0.717, 1.165) is 21.5 Å². The van der Waals surface area contributed by atoms with Gasteiger partial charge in [-0.15, -0.1) is 0 Å². The van der Waals surface area contributed by atoms with Gasteiger partial charge >= 0.3 is 0 Å². The highest BCUT2D eigenvalue weighted by molar-refractivity contribution is 7.92. The number of hydrogen-bond acceptors (Lipinski definition) is 7. The van der Waals surface area contributed by atoms with Gasteiger partial charge in [-0.1, -0.05) is 56.7 Å². The molecule has 0 radical (unpaired) electrons. The van der Waals surface area contributed by atoms with Gasteiger partial charge in [0.15, 0.2) is 0 Å². The average molecular weight is 625 g/mol. The van der Waals surface area contributed by atoms with Crippen LogP contribution in [0, 0.1) is 29.9 Å². The molecule has 0 aliphatic carbocycles. The Balaban J connectivity index is 2.10. The lowest BCUT2D eigenvalue weighted by Crippen LogP contribution is -2.52. The normalized spacial score (nSPS) is 12.0. The minimum Gasteiger partial charge on any atom is -0.497 e. The van der Waals surface area contributed by atoms with E-state index in [1.54, 1.807) is 19.1 Å². The van der Waals surface area contributed by atoms with Crippen molar-refractivity contribution in [1.82, 2.24) is 10.2 Å². The monoisotopic (exact) mass is 624 g/mol. The number of carbonyl (C=O) groups excluding carboxylic acids is 2. The number of sulfonamides is 1. The van der Waals surface area contributed by atoms with Crippen molar-refractivity contribution >= 4 is 33.2 Å². The Kier molecular flexibility index (Phi) is 11.5. The van der Waals surface area contributed by atoms with Crippen molar-refractivity contribution in [1.29, 1.82) is 0 Å². The Hall–Kier alpha value is -4.45. The Labute approximate surface area is 259 Å². The van der Waals surface area contributed by atoms with E-state index < -0.39 is 33.4 Å². The van der Waals surface area contributed by atoms with Gasteiger partial charge in [0.1, 0.15) is 18.3 Å². The summed E-state index contributed by atoms with van der Waals surface area (Å²) in [6.45, 7) is 8.99. The molecular formula is C32H40N4O7S. The molecule has 0 aliphatic heterocycles. The molecule has 12 heteroatoms. The zero-order valence-electron chi connectivity index (χ0n) is 25.9. The number of nitrogens with one attached hydrogen (secondary N) is 1. The van der Waals surface area contributed by atoms with Crippen LogP contribution in [0.4, 0.5) is 11.4 Å². The van der Waals surface area contributed by atoms with E-state index in [-0.39, 0.29) is 34.6 Å². The van der Waals surface area contributed by atoms with Crippen molar-refractivity contribution in [2.24, 2.45) is 5.92 Å². The molecule has 44 heavy (non-hydrogen) atoms. The molecule has 0 aliphatic rings. The first kappa shape index (κ1) is 34.0. The topological polar surface area (TPSA) is 139 Å². The summed E-state index contributed by atoms with van der Waals surface area (Å²) in [5.41, 5.74) is 1.88. The predicted octanol–water partition coefficient (Wildman–Crippen LogP) is 5.00. The van der Waals surface area contributed by atoms with Crippen LogP contribution >= 0.6 is 0 Å². The molecule has 2 amide bonds. The molecule has 0 heterocycles. The maximum atomic E-state index is 14.2. The molecule has 0 fully saturated rings. The molecule has 0 saturated carbocycles. The highest BCUT2D eigenvalue weighted by Crippen LogP contribution is 2.29. The summed E-state index contributed by atoms with van der Waals surface area (Å²) in [4.78, 5) is 39.5. The Morgan fingerprint density at radius 2 is 1.64 bits per heavy atom. The van der Waals surface area contributed by atoms with Crippen LogP contribution in [0.5, 0.6) is 5.75 Å². The smallest absolute Gasteiger partial charge is 0.273 e. The van der Waals surface area contributed by atoms with Crippen LogP contribution < -0.4 is 14.4 Å². The summed E-state index contributed by atoms with van der Waals surface area (Å²) < 4.78 is 34.3. The van der Waals surface area contributed by atoms with Crippen molar-refractivity contribution in [2.75, 3.05) is 24.5 Å². The molecule has 3 aromatic carbocycles. The molecule has 0 saturated heterocycles. The molecule has 3 aromatic rings. The van der Waals surface area contributed by atoms with Crippen LogP contribution in [0.1, 0.15) is 43.9 Å². The van der Waals surface area contributed by atoms with Gasteiger partial charge in [-0.3, -0.25) is 24.0 Å². The minimum absolute atomic E-state index is 0.0687. The predicted molar refractivity (Wildman–Crippen MR) is 169 cm³/mol. The minimum atomic E-state index is -4.49. The van der Waals surface area contributed by atoms with Crippen LogP contribution in [-0.2, 0) is 26.2 Å². The van der Waals surface area contributed by atoms with E-state index in [0.29, 0.717) is 24.3 Å². The summed E-state index contributed by atoms with van der Waals surface area (Å²) in [7, 11) is -3.02. The quantitative estimate of drug-likeness (QED) is 0.197. The fourth-order valence-corrected chi connectivity index (χ4v) is 6.02. The molecule has 11 nitrogen and oxygen atoms in total. The number of rotatable bonds is 14. The standard InChI is InChI=1S/C32H40N4O7S/c1-7-29(32(38)33-19-22(2)3)34(20-25-11-8-23(4)9-12-25)31(37)21-35(26-13-15-27(43-6)16-14-26)44(41,42)28-17-10-24(5)30(18-28)36(39)40/h8-18,22,29H,7,19-21H2,1-6H3,(H,33,38)/t29-/m1/s1. The molecule has 0 bridgehead atoms. The second-order valence-corrected chi connectivity index (χ2v) is 12.8. The van der Waals surface area contributed by atoms with Gasteiger partial charge < -0.3 is 15.0 Å². The van der Waals surface area contributed by atoms with Gasteiger partial charge in [-0.05, 0) is 62.1 Å². The van der Waals surface area contributed by atoms with Gasteiger partial charge in [-0.2, -0.15) is 0 Å². The number of anilines is 1. The number of carbonyl (C=O) groups is 2. The average Bonchev–Trinajstić information content (AvgIpc) is 2.99. The first-order chi connectivity index (χ1) is 20.8. The van der Waals surface area contributed by atoms with Crippen LogP contribution in [-0.4, -0.2) is 56.3 Å². The Morgan fingerprint density at radius 3 is 2.18 bits per heavy atom. The number of nitro groups is 1. The van der Waals surface area contributed by atoms with Crippen LogP contribution in [0.25, 0.3) is 0 Å². The molecule has 0 spiro atoms. The lowest BCUT2D eigenvalue weighted by Gasteiger charge is -2.33. The second-order valence-electron chi connectivity index (χ2n) is 11.0. The van der Waals surface area contributed by atoms with E-state index in [1.165, 1.54) is 43.2 Å². The van der Waals surface area contributed by atoms with Crippen LogP contribution in [0.15, 0.2) is 71.6 Å². The fraction of sp³-hybridized carbons (Fsp3) is 0.375. The van der Waals surface area contributed by atoms with Gasteiger partial charge in [0.05, 0.1) is 22.6 Å². The first-order valence-corrected chi connectivity index (χ1v) is 15.8. The maximum Gasteiger partial charge on any atom is 0.273 e. The van der Waals surface area contributed by atoms with Crippen molar-refractivity contribution in [3.8, 4) is 5.75 Å². The lowest BCUT2D eigenvalue weighted by molar-refractivity contribution is -0.385. The van der Waals surface area contributed by atoms with E-state index in [2.05, 4.69) is 5.32 Å². The van der Waals surface area contributed by atoms with Gasteiger partial charge in [-0.25, -0.2) is 8.42 Å². The third kappa shape index (κ3) is 8.34. The second kappa shape index (κ2) is 14.8. The molecule has 236 valence electrons. The van der Waals surface area contributed by atoms with Crippen molar-refractivity contribution < 1.29 is 27.7 Å². The van der Waals surface area contributed by atoms with Crippen molar-refractivity contribution in [2.45, 2.75) is 58.5 Å². The summed E-state index contributed by atoms with van der Waals surface area (Å²) >= 11 is 0. The van der Waals surface area contributed by atoms with E-state index in [9.17, 15) is 28.1 Å². The van der Waals surface area contributed by atoms with Crippen molar-refractivity contribution in [3.63, 3.8) is 0 Å². The number of nitrogens with zero attached hydrogens (tertiary/aromatic N) is 3. The SMILES string of the molecule is CC[C@H](C(=O)NCC(C)C)N(Cc1ccc(C)cc1)C(=O)CN(c1ccc(OC)cc1)S(=O)(=O)c1ccc(C)c([N+](=O)[O-])c1. The summed E-state index contributed by atoms with van der Waals surface area (Å²) in [5.74, 6) is -0.294. The zero-order chi connectivity index (χ0) is 32.6. The molecular weight excluding hydrogens is 584 g/mol. The van der Waals surface area contributed by atoms with Crippen molar-refractivity contribution in [3.05, 3.63) is 93.5 Å². The number of nitro benzene ring substituents is 1. The Morgan fingerprint density at radius 1 is 1.00 bits per heavy atom. The third-order valence-electron chi connectivity index (χ3n) is 7.15. The molecule has 0 aromatic heterocycles. The van der Waals surface area contributed by atoms with Crippen LogP contribution in [0.2, 0.25) is 0 Å². The summed E-state index contributed by atoms with van der Waals surface area (Å²) in [6.07, 6.45) is 0.293. The van der Waals surface area contributed by atoms with E-state index in [1.807, 2.05) is 45.0 Å². The van der Waals surface area contributed by atoms with Gasteiger partial charge in [0.2, 0.25) is 11.8 Å². The largest absolute Gasteiger partial charge is 0.497 e. The number of ether oxygens (including phenoxy) is 1. The fourth-order valence-electron chi connectivity index (χ4n) is 4.58. The van der Waals surface area contributed by atoms with Gasteiger partial charge in [0, 0.05) is 24.7 Å². The molecule has 0 unspecified atom stereocenters. The highest BCUT2D eigenvalue weighted by Gasteiger charge is 2.34. The highest BCUT2D eigenvalue weighted by atomic mass is 32.2. The number of amides is 2. The number of hydrogen-bond donors (Lipinski definition) is 1. The number of methoxy groups -OCH3 is 1. The number of aryl methyl sites for hydroxylation is 2. The first-order valence-electron chi connectivity index (χ1n) is 14.3. The van der Waals surface area contributed by atoms with E-state index in [4.69, 9.17) is 4.74 Å². The Bertz CT molecular complexity index is 1570. The van der Waals surface area contributed by atoms with Crippen LogP contribution in [0.3, 0.4) is 0 Å². The summed E-state index contributed by atoms with van der Waals surface area (Å²) in [5, 5.41) is 14.5. The van der Waals surface area contributed by atoms with Gasteiger partial charge in [0.25, 0.3) is 15.7 Å². The van der Waals surface area contributed by atoms with E-state index >= 15 is 0 Å². The summed E-state index contributed by atoms with van der Waals surface area (Å²) in [6, 6.07) is 16.4. The molecule has 1 atom stereocenters. The third-order valence-corrected chi connectivity index (χ3v) is 8.92. The molecule has 3 rings (SSSR count).